The number of hydrogen-bond donors (Lipinski definition) is 1. The van der Waals surface area contributed by atoms with Crippen LogP contribution in [-0.4, -0.2) is 6.61 Å². The average molecular weight is 221 g/mol. The van der Waals surface area contributed by atoms with E-state index in [4.69, 9.17) is 10.7 Å². The number of rotatable bonds is 3. The Hall–Kier alpha value is -0.900. The largest absolute Gasteiger partial charge is 0.304 e. The number of benzene rings is 1. The van der Waals surface area contributed by atoms with Crippen LogP contribution in [0.3, 0.4) is 0 Å². The normalized spacial score (nSPS) is 12.2. The third-order valence-electron chi connectivity index (χ3n) is 2.54. The van der Waals surface area contributed by atoms with Crippen molar-refractivity contribution in [2.45, 2.75) is 19.3 Å². The zero-order valence-electron chi connectivity index (χ0n) is 8.99. The molecule has 15 heavy (non-hydrogen) atoms. The Morgan fingerprint density at radius 3 is 2.73 bits per heavy atom. The van der Waals surface area contributed by atoms with E-state index in [9.17, 15) is 0 Å². The van der Waals surface area contributed by atoms with Crippen LogP contribution in [-0.2, 0) is 10.3 Å². The van der Waals surface area contributed by atoms with Gasteiger partial charge in [0, 0.05) is 15.0 Å². The molecule has 0 aliphatic rings. The van der Waals surface area contributed by atoms with Crippen LogP contribution >= 0.6 is 11.3 Å². The number of thiophene rings is 1. The van der Waals surface area contributed by atoms with Crippen molar-refractivity contribution in [3.8, 4) is 0 Å². The van der Waals surface area contributed by atoms with Crippen LogP contribution in [0.2, 0.25) is 0 Å². The second-order valence-corrected chi connectivity index (χ2v) is 5.43. The SMILES string of the molecule is CC(C)(CON)c1cc2ccccc2s1. The van der Waals surface area contributed by atoms with E-state index in [0.717, 1.165) is 0 Å². The fourth-order valence-corrected chi connectivity index (χ4v) is 2.74. The second kappa shape index (κ2) is 3.93. The molecule has 1 heterocycles. The monoisotopic (exact) mass is 221 g/mol. The molecule has 0 amide bonds. The molecule has 2 aromatic rings. The smallest absolute Gasteiger partial charge is 0.0778 e. The second-order valence-electron chi connectivity index (χ2n) is 4.34. The van der Waals surface area contributed by atoms with Gasteiger partial charge in [-0.15, -0.1) is 11.3 Å². The van der Waals surface area contributed by atoms with Crippen LogP contribution in [0.1, 0.15) is 18.7 Å². The lowest BCUT2D eigenvalue weighted by molar-refractivity contribution is 0.0977. The van der Waals surface area contributed by atoms with Crippen LogP contribution in [0, 0.1) is 0 Å². The lowest BCUT2D eigenvalue weighted by Crippen LogP contribution is -2.24. The van der Waals surface area contributed by atoms with Gasteiger partial charge in [0.1, 0.15) is 0 Å². The minimum absolute atomic E-state index is 0.0154. The maximum absolute atomic E-state index is 5.15. The van der Waals surface area contributed by atoms with Crippen molar-refractivity contribution in [3.05, 3.63) is 35.2 Å². The summed E-state index contributed by atoms with van der Waals surface area (Å²) in [5, 5.41) is 1.29. The summed E-state index contributed by atoms with van der Waals surface area (Å²) >= 11 is 1.81. The molecular formula is C12H15NOS. The summed E-state index contributed by atoms with van der Waals surface area (Å²) in [5.41, 5.74) is -0.0154. The molecule has 2 nitrogen and oxygen atoms in total. The third kappa shape index (κ3) is 2.04. The molecule has 80 valence electrons. The number of fused-ring (bicyclic) bond motifs is 1. The molecule has 1 aromatic carbocycles. The molecule has 0 saturated carbocycles. The Kier molecular flexibility index (Phi) is 2.78. The van der Waals surface area contributed by atoms with Crippen LogP contribution in [0.5, 0.6) is 0 Å². The first-order chi connectivity index (χ1) is 7.13. The lowest BCUT2D eigenvalue weighted by Gasteiger charge is -2.20. The van der Waals surface area contributed by atoms with E-state index < -0.39 is 0 Å². The van der Waals surface area contributed by atoms with E-state index in [2.05, 4.69) is 44.2 Å². The molecule has 0 radical (unpaired) electrons. The number of hydrogen-bond acceptors (Lipinski definition) is 3. The van der Waals surface area contributed by atoms with Crippen molar-refractivity contribution in [1.29, 1.82) is 0 Å². The van der Waals surface area contributed by atoms with E-state index in [1.807, 2.05) is 11.3 Å². The Morgan fingerprint density at radius 1 is 1.33 bits per heavy atom. The zero-order valence-corrected chi connectivity index (χ0v) is 9.80. The Bertz CT molecular complexity index is 428. The molecule has 0 unspecified atom stereocenters. The minimum Gasteiger partial charge on any atom is -0.304 e. The molecule has 0 atom stereocenters. The minimum atomic E-state index is -0.0154. The predicted molar refractivity (Wildman–Crippen MR) is 65.0 cm³/mol. The predicted octanol–water partition coefficient (Wildman–Crippen LogP) is 3.07. The fourth-order valence-electron chi connectivity index (χ4n) is 1.59. The molecule has 0 spiro atoms. The van der Waals surface area contributed by atoms with E-state index in [1.165, 1.54) is 15.0 Å². The molecule has 0 bridgehead atoms. The van der Waals surface area contributed by atoms with E-state index >= 15 is 0 Å². The van der Waals surface area contributed by atoms with Crippen molar-refractivity contribution in [3.63, 3.8) is 0 Å². The first-order valence-corrected chi connectivity index (χ1v) is 5.76. The van der Waals surface area contributed by atoms with Gasteiger partial charge in [-0.05, 0) is 17.5 Å². The molecule has 3 heteroatoms. The summed E-state index contributed by atoms with van der Waals surface area (Å²) in [4.78, 5) is 6.08. The van der Waals surface area contributed by atoms with E-state index in [1.54, 1.807) is 0 Å². The van der Waals surface area contributed by atoms with Gasteiger partial charge in [-0.3, -0.25) is 0 Å². The highest BCUT2D eigenvalue weighted by Crippen LogP contribution is 2.34. The van der Waals surface area contributed by atoms with E-state index in [0.29, 0.717) is 6.61 Å². The first-order valence-electron chi connectivity index (χ1n) is 4.94. The summed E-state index contributed by atoms with van der Waals surface area (Å²) in [6, 6.07) is 10.6. The Morgan fingerprint density at radius 2 is 2.07 bits per heavy atom. The summed E-state index contributed by atoms with van der Waals surface area (Å²) in [6.45, 7) is 4.83. The molecule has 2 N–H and O–H groups in total. The Balaban J connectivity index is 2.44. The van der Waals surface area contributed by atoms with Crippen molar-refractivity contribution in [2.24, 2.45) is 5.90 Å². The van der Waals surface area contributed by atoms with Gasteiger partial charge < -0.3 is 4.84 Å². The maximum Gasteiger partial charge on any atom is 0.0778 e. The van der Waals surface area contributed by atoms with Gasteiger partial charge >= 0.3 is 0 Å². The van der Waals surface area contributed by atoms with Crippen LogP contribution in [0.25, 0.3) is 10.1 Å². The summed E-state index contributed by atoms with van der Waals surface area (Å²) < 4.78 is 1.32. The standard InChI is InChI=1S/C12H15NOS/c1-12(2,8-14-13)11-7-9-5-3-4-6-10(9)15-11/h3-7H,8,13H2,1-2H3. The fraction of sp³-hybridized carbons (Fsp3) is 0.333. The molecule has 2 rings (SSSR count). The maximum atomic E-state index is 5.15. The molecule has 0 aliphatic carbocycles. The highest BCUT2D eigenvalue weighted by Gasteiger charge is 2.23. The first kappa shape index (κ1) is 10.6. The van der Waals surface area contributed by atoms with Crippen molar-refractivity contribution >= 4 is 21.4 Å². The third-order valence-corrected chi connectivity index (χ3v) is 4.02. The van der Waals surface area contributed by atoms with Gasteiger partial charge in [0.25, 0.3) is 0 Å². The van der Waals surface area contributed by atoms with Gasteiger partial charge in [-0.25, -0.2) is 5.90 Å². The van der Waals surface area contributed by atoms with Gasteiger partial charge in [0.05, 0.1) is 6.61 Å². The summed E-state index contributed by atoms with van der Waals surface area (Å²) in [6.07, 6.45) is 0. The van der Waals surface area contributed by atoms with Gasteiger partial charge in [0.2, 0.25) is 0 Å². The van der Waals surface area contributed by atoms with Crippen molar-refractivity contribution < 1.29 is 4.84 Å². The lowest BCUT2D eigenvalue weighted by atomic mass is 9.92. The molecule has 0 saturated heterocycles. The van der Waals surface area contributed by atoms with Gasteiger partial charge in [-0.2, -0.15) is 0 Å². The summed E-state index contributed by atoms with van der Waals surface area (Å²) in [5.74, 6) is 5.15. The highest BCUT2D eigenvalue weighted by molar-refractivity contribution is 7.19. The van der Waals surface area contributed by atoms with Crippen LogP contribution in [0.4, 0.5) is 0 Å². The quantitative estimate of drug-likeness (QED) is 0.808. The average Bonchev–Trinajstić information content (AvgIpc) is 2.61. The van der Waals surface area contributed by atoms with Crippen molar-refractivity contribution in [2.75, 3.05) is 6.61 Å². The van der Waals surface area contributed by atoms with E-state index in [-0.39, 0.29) is 5.41 Å². The zero-order chi connectivity index (χ0) is 10.9. The van der Waals surface area contributed by atoms with Crippen LogP contribution < -0.4 is 5.90 Å². The highest BCUT2D eigenvalue weighted by atomic mass is 32.1. The topological polar surface area (TPSA) is 35.2 Å². The molecule has 0 fully saturated rings. The van der Waals surface area contributed by atoms with Crippen molar-refractivity contribution in [1.82, 2.24) is 0 Å². The van der Waals surface area contributed by atoms with Gasteiger partial charge in [-0.1, -0.05) is 32.0 Å². The summed E-state index contributed by atoms with van der Waals surface area (Å²) in [7, 11) is 0. The number of nitrogens with two attached hydrogens (primary N) is 1. The molecule has 0 aliphatic heterocycles. The molecule has 1 aromatic heterocycles. The Labute approximate surface area is 93.6 Å². The van der Waals surface area contributed by atoms with Crippen LogP contribution in [0.15, 0.2) is 30.3 Å². The molecular weight excluding hydrogens is 206 g/mol. The van der Waals surface area contributed by atoms with Gasteiger partial charge in [0.15, 0.2) is 0 Å².